The van der Waals surface area contributed by atoms with Crippen LogP contribution in [0.5, 0.6) is 0 Å². The number of pyridine rings is 2. The Balaban J connectivity index is 1.51. The van der Waals surface area contributed by atoms with Gasteiger partial charge in [-0.15, -0.1) is 0 Å². The zero-order chi connectivity index (χ0) is 25.7. The van der Waals surface area contributed by atoms with Crippen molar-refractivity contribution in [2.75, 3.05) is 31.7 Å². The molecule has 0 aromatic carbocycles. The minimum Gasteiger partial charge on any atom is -0.381 e. The van der Waals surface area contributed by atoms with Gasteiger partial charge in [-0.25, -0.2) is 9.67 Å². The van der Waals surface area contributed by atoms with E-state index in [1.54, 1.807) is 0 Å². The summed E-state index contributed by atoms with van der Waals surface area (Å²) < 4.78 is 53.9. The molecule has 1 saturated heterocycles. The van der Waals surface area contributed by atoms with Gasteiger partial charge >= 0.3 is 6.18 Å². The first-order chi connectivity index (χ1) is 17.3. The lowest BCUT2D eigenvalue weighted by Crippen LogP contribution is -2.24. The van der Waals surface area contributed by atoms with Crippen LogP contribution in [0, 0.1) is 0 Å². The van der Waals surface area contributed by atoms with Crippen LogP contribution in [0.25, 0.3) is 5.69 Å². The van der Waals surface area contributed by atoms with Crippen molar-refractivity contribution >= 4 is 11.7 Å². The van der Waals surface area contributed by atoms with E-state index < -0.39 is 17.8 Å². The molecule has 0 spiro atoms. The van der Waals surface area contributed by atoms with E-state index in [1.165, 1.54) is 41.2 Å². The summed E-state index contributed by atoms with van der Waals surface area (Å²) >= 11 is 0. The number of nitrogens with zero attached hydrogens (tertiary/aromatic N) is 4. The Hall–Kier alpha value is -3.51. The van der Waals surface area contributed by atoms with Crippen LogP contribution in [0.3, 0.4) is 0 Å². The highest BCUT2D eigenvalue weighted by atomic mass is 19.4. The van der Waals surface area contributed by atoms with Gasteiger partial charge in [0.1, 0.15) is 11.5 Å². The summed E-state index contributed by atoms with van der Waals surface area (Å²) in [6, 6.07) is 6.55. The summed E-state index contributed by atoms with van der Waals surface area (Å²) in [6.45, 7) is 3.94. The molecule has 1 amide bonds. The van der Waals surface area contributed by atoms with Crippen LogP contribution in [0.2, 0.25) is 0 Å². The Kier molecular flexibility index (Phi) is 7.85. The number of nitrogens with one attached hydrogen (secondary N) is 1. The third-order valence-corrected chi connectivity index (χ3v) is 5.82. The van der Waals surface area contributed by atoms with Crippen molar-refractivity contribution < 1.29 is 27.4 Å². The van der Waals surface area contributed by atoms with E-state index >= 15 is 0 Å². The van der Waals surface area contributed by atoms with Crippen molar-refractivity contribution in [3.8, 4) is 5.69 Å². The van der Waals surface area contributed by atoms with Crippen LogP contribution < -0.4 is 10.9 Å². The van der Waals surface area contributed by atoms with E-state index in [4.69, 9.17) is 9.47 Å². The van der Waals surface area contributed by atoms with Crippen LogP contribution >= 0.6 is 0 Å². The number of carbonyl (C=O) groups excluding carboxylic acids is 1. The van der Waals surface area contributed by atoms with Gasteiger partial charge in [0, 0.05) is 44.5 Å². The predicted molar refractivity (Wildman–Crippen MR) is 124 cm³/mol. The van der Waals surface area contributed by atoms with Gasteiger partial charge in [-0.3, -0.25) is 9.59 Å². The Morgan fingerprint density at radius 1 is 1.22 bits per heavy atom. The van der Waals surface area contributed by atoms with Crippen LogP contribution in [0.4, 0.5) is 19.0 Å². The Labute approximate surface area is 204 Å². The zero-order valence-electron chi connectivity index (χ0n) is 19.6. The maximum Gasteiger partial charge on any atom is 0.433 e. The number of anilines is 1. The van der Waals surface area contributed by atoms with Gasteiger partial charge < -0.3 is 19.4 Å². The number of hydrogen-bond donors (Lipinski definition) is 1. The normalized spacial score (nSPS) is 14.7. The van der Waals surface area contributed by atoms with Crippen molar-refractivity contribution in [1.29, 1.82) is 0 Å². The van der Waals surface area contributed by atoms with E-state index in [-0.39, 0.29) is 28.5 Å². The fourth-order valence-corrected chi connectivity index (χ4v) is 3.91. The molecule has 0 aliphatic carbocycles. The van der Waals surface area contributed by atoms with Crippen LogP contribution in [-0.4, -0.2) is 51.7 Å². The SMILES string of the molecule is CCOCCn1cc(C(=O)Nc2ccc(-n3nc(C4CCOCC4)cc3C(F)(F)F)cn2)ccc1=O. The van der Waals surface area contributed by atoms with Gasteiger partial charge in [-0.1, -0.05) is 0 Å². The second-order valence-electron chi connectivity index (χ2n) is 8.25. The summed E-state index contributed by atoms with van der Waals surface area (Å²) in [4.78, 5) is 28.7. The van der Waals surface area contributed by atoms with E-state index in [2.05, 4.69) is 15.4 Å². The standard InChI is InChI=1S/C24H26F3N5O4/c1-2-35-12-9-31-15-17(3-6-22(31)33)23(34)29-21-5-4-18(14-28-21)32-20(24(25,26)27)13-19(30-32)16-7-10-36-11-8-16/h3-6,13-16H,2,7-12H2,1H3,(H,28,29,34). The number of alkyl halides is 3. The Morgan fingerprint density at radius 2 is 2.00 bits per heavy atom. The minimum atomic E-state index is -4.60. The second-order valence-corrected chi connectivity index (χ2v) is 8.25. The van der Waals surface area contributed by atoms with E-state index in [0.717, 1.165) is 10.7 Å². The van der Waals surface area contributed by atoms with E-state index in [9.17, 15) is 22.8 Å². The molecule has 1 fully saturated rings. The molecule has 192 valence electrons. The number of aromatic nitrogens is 4. The Bertz CT molecular complexity index is 1250. The van der Waals surface area contributed by atoms with Gasteiger partial charge in [0.25, 0.3) is 11.5 Å². The van der Waals surface area contributed by atoms with Gasteiger partial charge in [-0.05, 0) is 44.0 Å². The molecule has 12 heteroatoms. The summed E-state index contributed by atoms with van der Waals surface area (Å²) in [6.07, 6.45) is -0.752. The van der Waals surface area contributed by atoms with E-state index in [0.29, 0.717) is 51.5 Å². The topological polar surface area (TPSA) is 100 Å². The lowest BCUT2D eigenvalue weighted by molar-refractivity contribution is -0.142. The van der Waals surface area contributed by atoms with Gasteiger partial charge in [0.05, 0.1) is 29.7 Å². The molecular formula is C24H26F3N5O4. The average molecular weight is 505 g/mol. The predicted octanol–water partition coefficient (Wildman–Crippen LogP) is 3.63. The molecule has 0 bridgehead atoms. The van der Waals surface area contributed by atoms with Gasteiger partial charge in [-0.2, -0.15) is 18.3 Å². The molecule has 1 aliphatic heterocycles. The number of rotatable bonds is 8. The van der Waals surface area contributed by atoms with Gasteiger partial charge in [0.2, 0.25) is 0 Å². The second kappa shape index (κ2) is 11.0. The number of carbonyl (C=O) groups is 1. The third-order valence-electron chi connectivity index (χ3n) is 5.82. The highest BCUT2D eigenvalue weighted by molar-refractivity contribution is 6.03. The fourth-order valence-electron chi connectivity index (χ4n) is 3.91. The molecule has 1 N–H and O–H groups in total. The monoisotopic (exact) mass is 505 g/mol. The smallest absolute Gasteiger partial charge is 0.381 e. The van der Waals surface area contributed by atoms with Crippen LogP contribution in [-0.2, 0) is 22.2 Å². The molecule has 0 saturated carbocycles. The largest absolute Gasteiger partial charge is 0.433 e. The molecule has 36 heavy (non-hydrogen) atoms. The summed E-state index contributed by atoms with van der Waals surface area (Å²) in [7, 11) is 0. The molecule has 0 radical (unpaired) electrons. The van der Waals surface area contributed by atoms with E-state index in [1.807, 2.05) is 6.92 Å². The number of halogens is 3. The number of ether oxygens (including phenoxy) is 2. The molecule has 0 unspecified atom stereocenters. The first kappa shape index (κ1) is 25.6. The fraction of sp³-hybridized carbons (Fsp3) is 0.417. The van der Waals surface area contributed by atoms with Crippen LogP contribution in [0.1, 0.15) is 47.4 Å². The summed E-state index contributed by atoms with van der Waals surface area (Å²) in [5.74, 6) is -0.483. The quantitative estimate of drug-likeness (QED) is 0.470. The van der Waals surface area contributed by atoms with Crippen molar-refractivity contribution in [2.45, 2.75) is 38.4 Å². The summed E-state index contributed by atoms with van der Waals surface area (Å²) in [5.41, 5.74) is -0.458. The lowest BCUT2D eigenvalue weighted by atomic mass is 9.96. The van der Waals surface area contributed by atoms with Crippen molar-refractivity contribution in [1.82, 2.24) is 19.3 Å². The first-order valence-electron chi connectivity index (χ1n) is 11.6. The molecule has 4 heterocycles. The number of amides is 1. The van der Waals surface area contributed by atoms with Crippen molar-refractivity contribution in [3.63, 3.8) is 0 Å². The third kappa shape index (κ3) is 6.00. The average Bonchev–Trinajstić information content (AvgIpc) is 3.33. The lowest BCUT2D eigenvalue weighted by Gasteiger charge is -2.19. The maximum atomic E-state index is 13.7. The van der Waals surface area contributed by atoms with Crippen molar-refractivity contribution in [3.05, 3.63) is 70.0 Å². The minimum absolute atomic E-state index is 0.107. The van der Waals surface area contributed by atoms with Crippen LogP contribution in [0.15, 0.2) is 47.5 Å². The van der Waals surface area contributed by atoms with Gasteiger partial charge in [0.15, 0.2) is 0 Å². The molecule has 3 aromatic rings. The highest BCUT2D eigenvalue weighted by Crippen LogP contribution is 2.35. The Morgan fingerprint density at radius 3 is 2.67 bits per heavy atom. The number of hydrogen-bond acceptors (Lipinski definition) is 6. The van der Waals surface area contributed by atoms with Crippen molar-refractivity contribution in [2.24, 2.45) is 0 Å². The summed E-state index contributed by atoms with van der Waals surface area (Å²) in [5, 5.41) is 6.82. The molecular weight excluding hydrogens is 479 g/mol. The molecule has 4 rings (SSSR count). The highest BCUT2D eigenvalue weighted by Gasteiger charge is 2.37. The molecule has 3 aromatic heterocycles. The molecule has 9 nitrogen and oxygen atoms in total. The molecule has 0 atom stereocenters. The maximum absolute atomic E-state index is 13.7. The zero-order valence-corrected chi connectivity index (χ0v) is 19.6. The molecule has 1 aliphatic rings. The first-order valence-corrected chi connectivity index (χ1v) is 11.6.